The van der Waals surface area contributed by atoms with Gasteiger partial charge in [0.05, 0.1) is 0 Å². The summed E-state index contributed by atoms with van der Waals surface area (Å²) in [7, 11) is 0. The maximum atomic E-state index is 3.69. The van der Waals surface area contributed by atoms with Crippen molar-refractivity contribution in [3.8, 4) is 0 Å². The topological polar surface area (TPSA) is 12.0 Å². The van der Waals surface area contributed by atoms with Crippen LogP contribution < -0.4 is 5.32 Å². The van der Waals surface area contributed by atoms with E-state index in [-0.39, 0.29) is 0 Å². The molecule has 108 valence electrons. The van der Waals surface area contributed by atoms with Crippen LogP contribution in [0.3, 0.4) is 0 Å². The van der Waals surface area contributed by atoms with E-state index < -0.39 is 0 Å². The second-order valence-corrected chi connectivity index (χ2v) is 6.37. The van der Waals surface area contributed by atoms with E-state index in [0.29, 0.717) is 6.04 Å². The Morgan fingerprint density at radius 2 is 2.00 bits per heavy atom. The van der Waals surface area contributed by atoms with Crippen LogP contribution in [0.25, 0.3) is 0 Å². The van der Waals surface area contributed by atoms with Crippen LogP contribution in [0, 0.1) is 6.92 Å². The molecule has 0 aliphatic carbocycles. The first-order valence-corrected chi connectivity index (χ1v) is 8.67. The van der Waals surface area contributed by atoms with E-state index in [2.05, 4.69) is 50.4 Å². The van der Waals surface area contributed by atoms with E-state index >= 15 is 0 Å². The molecule has 0 amide bonds. The zero-order valence-electron chi connectivity index (χ0n) is 12.7. The van der Waals surface area contributed by atoms with Gasteiger partial charge in [-0.25, -0.2) is 0 Å². The molecule has 1 atom stereocenters. The molecule has 0 bridgehead atoms. The van der Waals surface area contributed by atoms with Crippen LogP contribution in [-0.4, -0.2) is 18.3 Å². The first-order valence-electron chi connectivity index (χ1n) is 7.69. The van der Waals surface area contributed by atoms with Gasteiger partial charge in [-0.2, -0.15) is 0 Å². The average molecular weight is 279 g/mol. The second-order valence-electron chi connectivity index (χ2n) is 5.27. The Kier molecular flexibility index (Phi) is 9.02. The van der Waals surface area contributed by atoms with Crippen molar-refractivity contribution in [1.82, 2.24) is 5.32 Å². The monoisotopic (exact) mass is 279 g/mol. The average Bonchev–Trinajstić information content (AvgIpc) is 2.41. The molecule has 0 spiro atoms. The van der Waals surface area contributed by atoms with E-state index in [1.807, 2.05) is 11.8 Å². The SMILES string of the molecule is CCCCCC(CSc1cccc(C)c1)NCCC. The highest BCUT2D eigenvalue weighted by Gasteiger charge is 2.08. The lowest BCUT2D eigenvalue weighted by Crippen LogP contribution is -2.31. The highest BCUT2D eigenvalue weighted by atomic mass is 32.2. The van der Waals surface area contributed by atoms with Crippen LogP contribution in [0.5, 0.6) is 0 Å². The van der Waals surface area contributed by atoms with E-state index in [1.165, 1.54) is 48.3 Å². The van der Waals surface area contributed by atoms with Gasteiger partial charge in [-0.1, -0.05) is 50.8 Å². The summed E-state index contributed by atoms with van der Waals surface area (Å²) in [5.41, 5.74) is 1.36. The Bertz CT molecular complexity index is 338. The highest BCUT2D eigenvalue weighted by Crippen LogP contribution is 2.21. The third-order valence-electron chi connectivity index (χ3n) is 3.28. The van der Waals surface area contributed by atoms with Crippen molar-refractivity contribution < 1.29 is 0 Å². The fraction of sp³-hybridized carbons (Fsp3) is 0.647. The maximum absolute atomic E-state index is 3.69. The molecule has 19 heavy (non-hydrogen) atoms. The standard InChI is InChI=1S/C17H29NS/c1-4-6-7-10-16(18-12-5-2)14-19-17-11-8-9-15(3)13-17/h8-9,11,13,16,18H,4-7,10,12,14H2,1-3H3. The zero-order valence-corrected chi connectivity index (χ0v) is 13.6. The molecular weight excluding hydrogens is 250 g/mol. The lowest BCUT2D eigenvalue weighted by molar-refractivity contribution is 0.493. The lowest BCUT2D eigenvalue weighted by atomic mass is 10.1. The van der Waals surface area contributed by atoms with E-state index in [1.54, 1.807) is 0 Å². The minimum absolute atomic E-state index is 0.664. The highest BCUT2D eigenvalue weighted by molar-refractivity contribution is 7.99. The summed E-state index contributed by atoms with van der Waals surface area (Å²) in [4.78, 5) is 1.40. The molecular formula is C17H29NS. The van der Waals surface area contributed by atoms with Gasteiger partial charge < -0.3 is 5.32 Å². The van der Waals surface area contributed by atoms with Crippen molar-refractivity contribution in [2.45, 2.75) is 63.8 Å². The lowest BCUT2D eigenvalue weighted by Gasteiger charge is -2.18. The molecule has 1 aromatic carbocycles. The van der Waals surface area contributed by atoms with Gasteiger partial charge in [0.25, 0.3) is 0 Å². The quantitative estimate of drug-likeness (QED) is 0.476. The molecule has 0 aliphatic rings. The third kappa shape index (κ3) is 7.64. The van der Waals surface area contributed by atoms with Crippen LogP contribution >= 0.6 is 11.8 Å². The summed E-state index contributed by atoms with van der Waals surface area (Å²) in [5, 5.41) is 3.69. The van der Waals surface area contributed by atoms with Crippen molar-refractivity contribution >= 4 is 11.8 Å². The van der Waals surface area contributed by atoms with Gasteiger partial charge in [-0.15, -0.1) is 11.8 Å². The zero-order chi connectivity index (χ0) is 13.9. The first kappa shape index (κ1) is 16.6. The number of benzene rings is 1. The predicted molar refractivity (Wildman–Crippen MR) is 88.1 cm³/mol. The normalized spacial score (nSPS) is 12.6. The second kappa shape index (κ2) is 10.3. The van der Waals surface area contributed by atoms with E-state index in [9.17, 15) is 0 Å². The molecule has 0 aromatic heterocycles. The first-order chi connectivity index (χ1) is 9.26. The molecule has 0 saturated carbocycles. The number of nitrogens with one attached hydrogen (secondary N) is 1. The third-order valence-corrected chi connectivity index (χ3v) is 4.44. The molecule has 1 rings (SSSR count). The summed E-state index contributed by atoms with van der Waals surface area (Å²) in [6.07, 6.45) is 6.56. The molecule has 0 fully saturated rings. The number of thioether (sulfide) groups is 1. The molecule has 0 heterocycles. The minimum atomic E-state index is 0.664. The Morgan fingerprint density at radius 3 is 2.68 bits per heavy atom. The molecule has 1 unspecified atom stereocenters. The number of hydrogen-bond donors (Lipinski definition) is 1. The number of unbranched alkanes of at least 4 members (excludes halogenated alkanes) is 2. The fourth-order valence-electron chi connectivity index (χ4n) is 2.14. The van der Waals surface area contributed by atoms with Crippen LogP contribution in [0.2, 0.25) is 0 Å². The molecule has 0 radical (unpaired) electrons. The van der Waals surface area contributed by atoms with Gasteiger partial charge in [0, 0.05) is 16.7 Å². The van der Waals surface area contributed by atoms with Gasteiger partial charge >= 0.3 is 0 Å². The number of hydrogen-bond acceptors (Lipinski definition) is 2. The largest absolute Gasteiger partial charge is 0.313 e. The van der Waals surface area contributed by atoms with Crippen LogP contribution in [0.4, 0.5) is 0 Å². The van der Waals surface area contributed by atoms with Crippen LogP contribution in [-0.2, 0) is 0 Å². The Morgan fingerprint density at radius 1 is 1.16 bits per heavy atom. The summed E-state index contributed by atoms with van der Waals surface area (Å²) in [6.45, 7) is 7.82. The summed E-state index contributed by atoms with van der Waals surface area (Å²) < 4.78 is 0. The Labute approximate surface area is 123 Å². The van der Waals surface area contributed by atoms with Crippen LogP contribution in [0.15, 0.2) is 29.2 Å². The van der Waals surface area contributed by atoms with Crippen molar-refractivity contribution in [2.75, 3.05) is 12.3 Å². The molecule has 1 aromatic rings. The number of rotatable bonds is 10. The fourth-order valence-corrected chi connectivity index (χ4v) is 3.26. The Hall–Kier alpha value is -0.470. The molecule has 0 saturated heterocycles. The van der Waals surface area contributed by atoms with Gasteiger partial charge in [0.15, 0.2) is 0 Å². The van der Waals surface area contributed by atoms with Gasteiger partial charge in [-0.05, 0) is 38.4 Å². The van der Waals surface area contributed by atoms with Crippen molar-refractivity contribution in [2.24, 2.45) is 0 Å². The maximum Gasteiger partial charge on any atom is 0.0161 e. The molecule has 1 N–H and O–H groups in total. The van der Waals surface area contributed by atoms with Crippen molar-refractivity contribution in [3.05, 3.63) is 29.8 Å². The summed E-state index contributed by atoms with van der Waals surface area (Å²) >= 11 is 1.99. The van der Waals surface area contributed by atoms with Gasteiger partial charge in [0.2, 0.25) is 0 Å². The van der Waals surface area contributed by atoms with Crippen LogP contribution in [0.1, 0.15) is 51.5 Å². The van der Waals surface area contributed by atoms with Crippen molar-refractivity contribution in [1.29, 1.82) is 0 Å². The van der Waals surface area contributed by atoms with Crippen molar-refractivity contribution in [3.63, 3.8) is 0 Å². The Balaban J connectivity index is 2.37. The van der Waals surface area contributed by atoms with Gasteiger partial charge in [0.1, 0.15) is 0 Å². The van der Waals surface area contributed by atoms with E-state index in [4.69, 9.17) is 0 Å². The number of aryl methyl sites for hydroxylation is 1. The molecule has 1 nitrogen and oxygen atoms in total. The predicted octanol–water partition coefficient (Wildman–Crippen LogP) is 5.04. The molecule has 0 aliphatic heterocycles. The summed E-state index contributed by atoms with van der Waals surface area (Å²) in [5.74, 6) is 1.19. The van der Waals surface area contributed by atoms with Gasteiger partial charge in [-0.3, -0.25) is 0 Å². The van der Waals surface area contributed by atoms with E-state index in [0.717, 1.165) is 6.54 Å². The smallest absolute Gasteiger partial charge is 0.0161 e. The summed E-state index contributed by atoms with van der Waals surface area (Å²) in [6, 6.07) is 9.49. The minimum Gasteiger partial charge on any atom is -0.313 e. The molecule has 2 heteroatoms.